The third-order valence-corrected chi connectivity index (χ3v) is 7.27. The summed E-state index contributed by atoms with van der Waals surface area (Å²) in [6.07, 6.45) is 5.67. The van der Waals surface area contributed by atoms with Gasteiger partial charge in [0.15, 0.2) is 4.96 Å². The van der Waals surface area contributed by atoms with Crippen LogP contribution in [0, 0.1) is 11.6 Å². The Morgan fingerprint density at radius 3 is 2.39 bits per heavy atom. The molecular weight excluding hydrogens is 478 g/mol. The lowest BCUT2D eigenvalue weighted by molar-refractivity contribution is 0.211. The van der Waals surface area contributed by atoms with Crippen molar-refractivity contribution in [3.8, 4) is 22.6 Å². The van der Waals surface area contributed by atoms with E-state index in [1.54, 1.807) is 29.7 Å². The van der Waals surface area contributed by atoms with Gasteiger partial charge in [0.2, 0.25) is 5.95 Å². The number of anilines is 1. The van der Waals surface area contributed by atoms with Crippen molar-refractivity contribution in [2.75, 3.05) is 18.4 Å². The molecule has 6 nitrogen and oxygen atoms in total. The average Bonchev–Trinajstić information content (AvgIpc) is 3.49. The molecule has 1 aliphatic rings. The second-order valence-corrected chi connectivity index (χ2v) is 9.83. The van der Waals surface area contributed by atoms with Crippen LogP contribution in [0.5, 0.6) is 0 Å². The van der Waals surface area contributed by atoms with Gasteiger partial charge in [-0.2, -0.15) is 0 Å². The largest absolute Gasteiger partial charge is 0.351 e. The Morgan fingerprint density at radius 1 is 0.917 bits per heavy atom. The Morgan fingerprint density at radius 2 is 1.64 bits per heavy atom. The zero-order valence-electron chi connectivity index (χ0n) is 19.4. The van der Waals surface area contributed by atoms with Crippen LogP contribution in [-0.4, -0.2) is 43.4 Å². The van der Waals surface area contributed by atoms with Crippen molar-refractivity contribution in [3.63, 3.8) is 0 Å². The first-order valence-electron chi connectivity index (χ1n) is 11.9. The average molecular weight is 503 g/mol. The van der Waals surface area contributed by atoms with Crippen LogP contribution < -0.4 is 5.32 Å². The highest BCUT2D eigenvalue weighted by Gasteiger charge is 2.22. The Labute approximate surface area is 211 Å². The fourth-order valence-electron chi connectivity index (χ4n) is 4.67. The van der Waals surface area contributed by atoms with E-state index < -0.39 is 0 Å². The molecule has 182 valence electrons. The predicted octanol–water partition coefficient (Wildman–Crippen LogP) is 5.87. The van der Waals surface area contributed by atoms with E-state index in [0.717, 1.165) is 65.6 Å². The van der Waals surface area contributed by atoms with E-state index in [1.807, 2.05) is 34.2 Å². The first-order chi connectivity index (χ1) is 17.6. The number of nitrogens with zero attached hydrogens (tertiary/aromatic N) is 5. The number of piperidine rings is 1. The summed E-state index contributed by atoms with van der Waals surface area (Å²) in [5.41, 5.74) is 4.34. The van der Waals surface area contributed by atoms with E-state index in [1.165, 1.54) is 24.3 Å². The lowest BCUT2D eigenvalue weighted by Crippen LogP contribution is -2.39. The molecule has 0 aliphatic carbocycles. The summed E-state index contributed by atoms with van der Waals surface area (Å²) in [5, 5.41) is 5.49. The summed E-state index contributed by atoms with van der Waals surface area (Å²) in [4.78, 5) is 17.3. The summed E-state index contributed by atoms with van der Waals surface area (Å²) in [7, 11) is 0. The van der Waals surface area contributed by atoms with Gasteiger partial charge < -0.3 is 5.32 Å². The van der Waals surface area contributed by atoms with Gasteiger partial charge in [0.05, 0.1) is 11.4 Å². The number of hydrogen-bond donors (Lipinski definition) is 1. The van der Waals surface area contributed by atoms with Crippen molar-refractivity contribution in [1.82, 2.24) is 24.3 Å². The molecule has 0 bridgehead atoms. The van der Waals surface area contributed by atoms with Crippen molar-refractivity contribution in [1.29, 1.82) is 0 Å². The minimum absolute atomic E-state index is 0.204. The lowest BCUT2D eigenvalue weighted by atomic mass is 10.0. The second kappa shape index (κ2) is 9.75. The van der Waals surface area contributed by atoms with Crippen molar-refractivity contribution >= 4 is 22.2 Å². The summed E-state index contributed by atoms with van der Waals surface area (Å²) in [6, 6.07) is 15.2. The van der Waals surface area contributed by atoms with Crippen molar-refractivity contribution in [2.24, 2.45) is 0 Å². The molecule has 0 amide bonds. The van der Waals surface area contributed by atoms with Gasteiger partial charge in [-0.3, -0.25) is 9.30 Å². The minimum atomic E-state index is -0.279. The monoisotopic (exact) mass is 502 g/mol. The van der Waals surface area contributed by atoms with Gasteiger partial charge in [0.1, 0.15) is 17.3 Å². The number of rotatable bonds is 6. The maximum atomic E-state index is 13.5. The highest BCUT2D eigenvalue weighted by Crippen LogP contribution is 2.33. The molecule has 1 N–H and O–H groups in total. The van der Waals surface area contributed by atoms with Crippen molar-refractivity contribution < 1.29 is 8.78 Å². The Bertz CT molecular complexity index is 1470. The Hall–Kier alpha value is -3.69. The number of nitrogens with one attached hydrogen (secondary N) is 1. The molecule has 6 rings (SSSR count). The number of benzene rings is 2. The molecular formula is C27H24F2N6S. The van der Waals surface area contributed by atoms with E-state index in [2.05, 4.69) is 15.2 Å². The number of aromatic nitrogens is 4. The van der Waals surface area contributed by atoms with Crippen molar-refractivity contribution in [2.45, 2.75) is 25.4 Å². The van der Waals surface area contributed by atoms with E-state index in [0.29, 0.717) is 5.95 Å². The fraction of sp³-hybridized carbons (Fsp3) is 0.222. The van der Waals surface area contributed by atoms with Gasteiger partial charge in [-0.25, -0.2) is 23.7 Å². The number of fused-ring (bicyclic) bond motifs is 1. The summed E-state index contributed by atoms with van der Waals surface area (Å²) in [6.45, 7) is 2.71. The molecule has 3 aromatic heterocycles. The zero-order valence-corrected chi connectivity index (χ0v) is 20.3. The van der Waals surface area contributed by atoms with E-state index in [-0.39, 0.29) is 17.7 Å². The van der Waals surface area contributed by atoms with Crippen LogP contribution in [0.15, 0.2) is 72.4 Å². The molecule has 0 unspecified atom stereocenters. The highest BCUT2D eigenvalue weighted by molar-refractivity contribution is 7.15. The molecule has 0 radical (unpaired) electrons. The topological polar surface area (TPSA) is 58.3 Å². The molecule has 1 fully saturated rings. The van der Waals surface area contributed by atoms with Gasteiger partial charge in [-0.1, -0.05) is 12.1 Å². The predicted molar refractivity (Wildman–Crippen MR) is 138 cm³/mol. The van der Waals surface area contributed by atoms with Crippen LogP contribution in [0.4, 0.5) is 14.7 Å². The molecule has 1 saturated heterocycles. The normalized spacial score (nSPS) is 14.9. The van der Waals surface area contributed by atoms with Crippen LogP contribution in [0.2, 0.25) is 0 Å². The fourth-order valence-corrected chi connectivity index (χ4v) is 5.38. The van der Waals surface area contributed by atoms with Gasteiger partial charge in [0, 0.05) is 49.0 Å². The van der Waals surface area contributed by atoms with Crippen LogP contribution in [0.25, 0.3) is 27.6 Å². The van der Waals surface area contributed by atoms with Crippen LogP contribution in [0.1, 0.15) is 18.4 Å². The number of thiazole rings is 1. The minimum Gasteiger partial charge on any atom is -0.351 e. The van der Waals surface area contributed by atoms with Gasteiger partial charge in [-0.05, 0) is 60.9 Å². The maximum Gasteiger partial charge on any atom is 0.223 e. The smallest absolute Gasteiger partial charge is 0.223 e. The van der Waals surface area contributed by atoms with Crippen LogP contribution in [-0.2, 0) is 6.54 Å². The van der Waals surface area contributed by atoms with Gasteiger partial charge in [0.25, 0.3) is 0 Å². The number of likely N-dealkylation sites (tertiary alicyclic amines) is 1. The molecule has 1 aliphatic heterocycles. The molecule has 36 heavy (non-hydrogen) atoms. The van der Waals surface area contributed by atoms with Gasteiger partial charge in [-0.15, -0.1) is 11.3 Å². The molecule has 2 aromatic carbocycles. The Balaban J connectivity index is 1.19. The SMILES string of the molecule is Fc1ccc(CN2CCC(Nc3nccc(-c4c(-c5ccc(F)cc5)nc5sccn45)n3)CC2)cc1. The summed E-state index contributed by atoms with van der Waals surface area (Å²) < 4.78 is 28.7. The van der Waals surface area contributed by atoms with E-state index >= 15 is 0 Å². The zero-order chi connectivity index (χ0) is 24.5. The first-order valence-corrected chi connectivity index (χ1v) is 12.8. The number of hydrogen-bond acceptors (Lipinski definition) is 6. The van der Waals surface area contributed by atoms with E-state index in [4.69, 9.17) is 9.97 Å². The Kier molecular flexibility index (Phi) is 6.16. The van der Waals surface area contributed by atoms with Crippen LogP contribution in [0.3, 0.4) is 0 Å². The molecule has 4 heterocycles. The van der Waals surface area contributed by atoms with Gasteiger partial charge >= 0.3 is 0 Å². The summed E-state index contributed by atoms with van der Waals surface area (Å²) >= 11 is 1.54. The standard InChI is InChI=1S/C27H24F2N6S/c28-20-5-1-18(2-6-20)17-34-13-10-22(11-14-34)31-26-30-12-9-23(32-26)25-24(19-3-7-21(29)8-4-19)33-27-35(25)15-16-36-27/h1-9,12,15-16,22H,10-11,13-14,17H2,(H,30,31,32). The van der Waals surface area contributed by atoms with Crippen LogP contribution >= 0.6 is 11.3 Å². The number of halogens is 2. The third kappa shape index (κ3) is 4.72. The quantitative estimate of drug-likeness (QED) is 0.315. The second-order valence-electron chi connectivity index (χ2n) is 8.96. The van der Waals surface area contributed by atoms with Crippen molar-refractivity contribution in [3.05, 3.63) is 89.6 Å². The molecule has 5 aromatic rings. The third-order valence-electron chi connectivity index (χ3n) is 6.52. The molecule has 0 saturated carbocycles. The number of imidazole rings is 1. The highest BCUT2D eigenvalue weighted by atomic mass is 32.1. The lowest BCUT2D eigenvalue weighted by Gasteiger charge is -2.32. The van der Waals surface area contributed by atoms with E-state index in [9.17, 15) is 8.78 Å². The summed E-state index contributed by atoms with van der Waals surface area (Å²) in [5.74, 6) is 0.0996. The maximum absolute atomic E-state index is 13.5. The molecule has 9 heteroatoms. The first kappa shape index (κ1) is 22.8. The molecule has 0 spiro atoms. The molecule has 0 atom stereocenters.